The van der Waals surface area contributed by atoms with E-state index in [1.807, 2.05) is 0 Å². The second-order valence-electron chi connectivity index (χ2n) is 6.37. The van der Waals surface area contributed by atoms with Crippen LogP contribution in [-0.2, 0) is 11.3 Å². The zero-order valence-corrected chi connectivity index (χ0v) is 15.0. The predicted molar refractivity (Wildman–Crippen MR) is 98.8 cm³/mol. The second-order valence-corrected chi connectivity index (χ2v) is 6.37. The summed E-state index contributed by atoms with van der Waals surface area (Å²) in [5.41, 5.74) is 3.78. The van der Waals surface area contributed by atoms with Crippen LogP contribution in [0.4, 0.5) is 0 Å². The Balaban J connectivity index is 1.89. The molecule has 0 aliphatic heterocycles. The van der Waals surface area contributed by atoms with Gasteiger partial charge in [0.1, 0.15) is 23.9 Å². The molecule has 9 heteroatoms. The molecule has 0 amide bonds. The molecule has 4 rings (SSSR count). The number of aryl methyl sites for hydroxylation is 1. The number of hydrogen-bond donors (Lipinski definition) is 1. The fraction of sp³-hybridized carbons (Fsp3) is 0.158. The van der Waals surface area contributed by atoms with Crippen LogP contribution in [0.2, 0.25) is 0 Å². The third-order valence-corrected chi connectivity index (χ3v) is 4.46. The van der Waals surface area contributed by atoms with Crippen LogP contribution in [-0.4, -0.2) is 41.2 Å². The normalized spacial score (nSPS) is 11.0. The number of benzene rings is 1. The Labute approximate surface area is 158 Å². The fourth-order valence-corrected chi connectivity index (χ4v) is 3.19. The molecule has 0 radical (unpaired) electrons. The van der Waals surface area contributed by atoms with Gasteiger partial charge in [-0.2, -0.15) is 15.5 Å². The number of Topliss-reactive ketones (excluding diaryl/α,β-unsaturated/α-hetero) is 1. The van der Waals surface area contributed by atoms with Gasteiger partial charge in [-0.1, -0.05) is 6.07 Å². The summed E-state index contributed by atoms with van der Waals surface area (Å²) in [6.45, 7) is 2.80. The lowest BCUT2D eigenvalue weighted by molar-refractivity contribution is -0.137. The van der Waals surface area contributed by atoms with Crippen molar-refractivity contribution < 1.29 is 14.7 Å². The molecule has 0 fully saturated rings. The largest absolute Gasteiger partial charge is 0.480 e. The van der Waals surface area contributed by atoms with Gasteiger partial charge < -0.3 is 5.11 Å². The summed E-state index contributed by atoms with van der Waals surface area (Å²) in [4.78, 5) is 27.4. The molecule has 3 heterocycles. The number of hydrogen-bond acceptors (Lipinski definition) is 6. The van der Waals surface area contributed by atoms with E-state index in [-0.39, 0.29) is 18.0 Å². The first-order chi connectivity index (χ1) is 13.4. The molecule has 0 aliphatic rings. The van der Waals surface area contributed by atoms with Crippen LogP contribution < -0.4 is 0 Å². The van der Waals surface area contributed by atoms with Crippen molar-refractivity contribution in [3.05, 3.63) is 47.5 Å². The fourth-order valence-electron chi connectivity index (χ4n) is 3.19. The van der Waals surface area contributed by atoms with Crippen LogP contribution in [0.1, 0.15) is 28.7 Å². The van der Waals surface area contributed by atoms with Crippen molar-refractivity contribution in [2.24, 2.45) is 0 Å². The van der Waals surface area contributed by atoms with Gasteiger partial charge in [-0.05, 0) is 24.6 Å². The molecule has 4 aromatic rings. The van der Waals surface area contributed by atoms with Gasteiger partial charge in [-0.3, -0.25) is 14.3 Å². The maximum Gasteiger partial charge on any atom is 0.325 e. The van der Waals surface area contributed by atoms with E-state index in [0.717, 1.165) is 11.1 Å². The third-order valence-electron chi connectivity index (χ3n) is 4.46. The summed E-state index contributed by atoms with van der Waals surface area (Å²) < 4.78 is 2.85. The van der Waals surface area contributed by atoms with Gasteiger partial charge in [0.15, 0.2) is 11.4 Å². The maximum atomic E-state index is 12.0. The Morgan fingerprint density at radius 1 is 1.25 bits per heavy atom. The van der Waals surface area contributed by atoms with Crippen molar-refractivity contribution in [3.63, 3.8) is 0 Å². The van der Waals surface area contributed by atoms with Gasteiger partial charge in [-0.25, -0.2) is 9.50 Å². The van der Waals surface area contributed by atoms with Gasteiger partial charge in [0, 0.05) is 30.3 Å². The molecule has 0 atom stereocenters. The Morgan fingerprint density at radius 3 is 2.71 bits per heavy atom. The Kier molecular flexibility index (Phi) is 3.89. The van der Waals surface area contributed by atoms with Crippen molar-refractivity contribution in [2.45, 2.75) is 20.4 Å². The van der Waals surface area contributed by atoms with Crippen molar-refractivity contribution in [1.29, 1.82) is 5.26 Å². The van der Waals surface area contributed by atoms with Crippen LogP contribution in [0.3, 0.4) is 0 Å². The number of rotatable bonds is 4. The van der Waals surface area contributed by atoms with Crippen molar-refractivity contribution in [1.82, 2.24) is 24.4 Å². The highest BCUT2D eigenvalue weighted by molar-refractivity contribution is 6.06. The molecule has 0 aliphatic carbocycles. The summed E-state index contributed by atoms with van der Waals surface area (Å²) in [7, 11) is 0. The monoisotopic (exact) mass is 374 g/mol. The molecule has 28 heavy (non-hydrogen) atoms. The van der Waals surface area contributed by atoms with E-state index in [1.165, 1.54) is 11.6 Å². The highest BCUT2D eigenvalue weighted by Gasteiger charge is 2.17. The van der Waals surface area contributed by atoms with Crippen molar-refractivity contribution in [2.75, 3.05) is 0 Å². The quantitative estimate of drug-likeness (QED) is 0.543. The summed E-state index contributed by atoms with van der Waals surface area (Å²) in [6, 6.07) is 7.41. The predicted octanol–water partition coefficient (Wildman–Crippen LogP) is 2.21. The molecule has 0 spiro atoms. The number of nitrogens with zero attached hydrogens (tertiary/aromatic N) is 6. The number of carbonyl (C=O) groups excluding carboxylic acids is 1. The third kappa shape index (κ3) is 2.68. The van der Waals surface area contributed by atoms with Gasteiger partial charge in [0.05, 0.1) is 11.2 Å². The number of aromatic nitrogens is 5. The van der Waals surface area contributed by atoms with Gasteiger partial charge in [-0.15, -0.1) is 0 Å². The van der Waals surface area contributed by atoms with E-state index >= 15 is 0 Å². The first kappa shape index (κ1) is 17.4. The first-order valence-corrected chi connectivity index (χ1v) is 8.38. The standard InChI is InChI=1S/C19H14N6O3/c1-10-15(6-20)19-21-7-13(8-25(19)22-10)12-3-4-16-14(5-12)18(11(2)26)23-24(16)9-17(27)28/h3-5,7-8H,9H2,1-2H3,(H,27,28). The number of carbonyl (C=O) groups is 2. The van der Waals surface area contributed by atoms with Crippen LogP contribution >= 0.6 is 0 Å². The van der Waals surface area contributed by atoms with Crippen LogP contribution in [0.15, 0.2) is 30.6 Å². The molecule has 1 N–H and O–H groups in total. The van der Waals surface area contributed by atoms with E-state index in [0.29, 0.717) is 27.8 Å². The van der Waals surface area contributed by atoms with Gasteiger partial charge in [0.2, 0.25) is 0 Å². The van der Waals surface area contributed by atoms with E-state index < -0.39 is 5.97 Å². The van der Waals surface area contributed by atoms with E-state index in [1.54, 1.807) is 42.0 Å². The zero-order valence-electron chi connectivity index (χ0n) is 15.0. The van der Waals surface area contributed by atoms with E-state index in [4.69, 9.17) is 5.11 Å². The number of carboxylic acid groups (broad SMARTS) is 1. The molecular weight excluding hydrogens is 360 g/mol. The summed E-state index contributed by atoms with van der Waals surface area (Å²) in [5.74, 6) is -1.29. The van der Waals surface area contributed by atoms with E-state index in [2.05, 4.69) is 21.3 Å². The maximum absolute atomic E-state index is 12.0. The van der Waals surface area contributed by atoms with Crippen molar-refractivity contribution in [3.8, 4) is 17.2 Å². The number of fused-ring (bicyclic) bond motifs is 2. The molecule has 0 saturated carbocycles. The Morgan fingerprint density at radius 2 is 2.04 bits per heavy atom. The topological polar surface area (TPSA) is 126 Å². The lowest BCUT2D eigenvalue weighted by atomic mass is 10.0. The number of ketones is 1. The van der Waals surface area contributed by atoms with Crippen LogP contribution in [0, 0.1) is 18.3 Å². The highest BCUT2D eigenvalue weighted by atomic mass is 16.4. The first-order valence-electron chi connectivity index (χ1n) is 8.38. The second kappa shape index (κ2) is 6.28. The Hall–Kier alpha value is -4.06. The van der Waals surface area contributed by atoms with Gasteiger partial charge >= 0.3 is 5.97 Å². The average Bonchev–Trinajstić information content (AvgIpc) is 3.16. The molecule has 3 aromatic heterocycles. The molecule has 9 nitrogen and oxygen atoms in total. The average molecular weight is 374 g/mol. The van der Waals surface area contributed by atoms with Crippen molar-refractivity contribution >= 4 is 28.3 Å². The minimum Gasteiger partial charge on any atom is -0.480 e. The smallest absolute Gasteiger partial charge is 0.325 e. The van der Waals surface area contributed by atoms with E-state index in [9.17, 15) is 14.9 Å². The number of nitriles is 1. The summed E-state index contributed by atoms with van der Waals surface area (Å²) >= 11 is 0. The molecule has 0 saturated heterocycles. The minimum atomic E-state index is -1.04. The zero-order chi connectivity index (χ0) is 20.0. The molecule has 0 bridgehead atoms. The SMILES string of the molecule is CC(=O)c1nn(CC(=O)O)c2ccc(-c3cnc4c(C#N)c(C)nn4c3)cc12. The number of aliphatic carboxylic acids is 1. The highest BCUT2D eigenvalue weighted by Crippen LogP contribution is 2.27. The summed E-state index contributed by atoms with van der Waals surface area (Å²) in [6.07, 6.45) is 3.39. The molecule has 0 unspecified atom stereocenters. The van der Waals surface area contributed by atoms with Crippen LogP contribution in [0.25, 0.3) is 27.7 Å². The molecular formula is C19H14N6O3. The lowest BCUT2D eigenvalue weighted by Crippen LogP contribution is -2.10. The minimum absolute atomic E-state index is 0.217. The number of carboxylic acids is 1. The summed E-state index contributed by atoms with van der Waals surface area (Å²) in [5, 5.41) is 27.3. The Bertz CT molecular complexity index is 1330. The lowest BCUT2D eigenvalue weighted by Gasteiger charge is -2.04. The molecule has 138 valence electrons. The van der Waals surface area contributed by atoms with Crippen LogP contribution in [0.5, 0.6) is 0 Å². The molecule has 1 aromatic carbocycles. The van der Waals surface area contributed by atoms with Gasteiger partial charge in [0.25, 0.3) is 0 Å².